The number of aryl methyl sites for hydroxylation is 2. The van der Waals surface area contributed by atoms with Crippen molar-refractivity contribution in [2.45, 2.75) is 30.1 Å². The second-order valence-corrected chi connectivity index (χ2v) is 16.9. The first-order valence-electron chi connectivity index (χ1n) is 15.4. The van der Waals surface area contributed by atoms with Crippen molar-refractivity contribution in [3.05, 3.63) is 161 Å². The molecule has 0 aromatic heterocycles. The van der Waals surface area contributed by atoms with E-state index in [4.69, 9.17) is 0 Å². The van der Waals surface area contributed by atoms with Gasteiger partial charge in [-0.15, -0.1) is 0 Å². The van der Waals surface area contributed by atoms with E-state index in [2.05, 4.69) is 0 Å². The second kappa shape index (κ2) is 21.9. The van der Waals surface area contributed by atoms with E-state index in [-0.39, 0.29) is 91.7 Å². The molecule has 0 amide bonds. The third kappa shape index (κ3) is 13.0. The van der Waals surface area contributed by atoms with E-state index in [9.17, 15) is 25.3 Å². The van der Waals surface area contributed by atoms with Gasteiger partial charge in [0.05, 0.1) is 9.79 Å². The van der Waals surface area contributed by atoms with Crippen molar-refractivity contribution in [3.8, 4) is 0 Å². The fourth-order valence-electron chi connectivity index (χ4n) is 4.69. The first-order chi connectivity index (χ1) is 22.9. The van der Waals surface area contributed by atoms with Gasteiger partial charge in [-0.25, -0.2) is 29.6 Å². The zero-order valence-electron chi connectivity index (χ0n) is 27.7. The summed E-state index contributed by atoms with van der Waals surface area (Å²) in [7, 11) is -11.7. The van der Waals surface area contributed by atoms with Crippen molar-refractivity contribution in [2.24, 2.45) is 0 Å². The summed E-state index contributed by atoms with van der Waals surface area (Å²) in [6.45, 7) is 5.21. The number of hydrogen-bond donors (Lipinski definition) is 0. The molecule has 2 aromatic carbocycles. The van der Waals surface area contributed by atoms with E-state index in [1.54, 1.807) is 81.3 Å². The van der Waals surface area contributed by atoms with Crippen molar-refractivity contribution in [1.29, 1.82) is 0 Å². The third-order valence-corrected chi connectivity index (χ3v) is 13.0. The summed E-state index contributed by atoms with van der Waals surface area (Å²) in [6, 6.07) is 13.0. The van der Waals surface area contributed by atoms with Gasteiger partial charge in [0, 0.05) is 76.8 Å². The molecule has 2 saturated carbocycles. The predicted molar refractivity (Wildman–Crippen MR) is 188 cm³/mol. The molecule has 0 bridgehead atoms. The molecule has 0 spiro atoms. The molecule has 50 heavy (non-hydrogen) atoms. The van der Waals surface area contributed by atoms with Crippen molar-refractivity contribution < 1.29 is 62.7 Å². The number of benzene rings is 2. The summed E-state index contributed by atoms with van der Waals surface area (Å²) < 4.78 is 84.6. The number of sulfonamides is 3. The first-order valence-corrected chi connectivity index (χ1v) is 19.7. The molecule has 3 aliphatic rings. The van der Waals surface area contributed by atoms with Gasteiger partial charge in [-0.1, -0.05) is 35.4 Å². The Hall–Kier alpha value is -0.648. The van der Waals surface area contributed by atoms with Gasteiger partial charge in [-0.05, 0) is 134 Å². The van der Waals surface area contributed by atoms with Crippen molar-refractivity contribution in [3.63, 3.8) is 0 Å². The van der Waals surface area contributed by atoms with Gasteiger partial charge in [0.15, 0.2) is 0 Å². The van der Waals surface area contributed by atoms with Crippen LogP contribution in [0.3, 0.4) is 0 Å². The van der Waals surface area contributed by atoms with E-state index < -0.39 is 30.1 Å². The first kappa shape index (κ1) is 45.5. The molecule has 2 aliphatic carbocycles. The van der Waals surface area contributed by atoms with E-state index in [0.29, 0.717) is 0 Å². The molecule has 9 nitrogen and oxygen atoms in total. The largest absolute Gasteiger partial charge is 0.243 e. The van der Waals surface area contributed by atoms with Crippen LogP contribution < -0.4 is 0 Å². The van der Waals surface area contributed by atoms with Crippen LogP contribution >= 0.6 is 0 Å². The summed E-state index contributed by atoms with van der Waals surface area (Å²) in [5.74, 6) is 0. The topological polar surface area (TPSA) is 112 Å². The minimum atomic E-state index is -3.94. The normalized spacial score (nSPS) is 20.4. The Bertz CT molecular complexity index is 1500. The Kier molecular flexibility index (Phi) is 19.9. The maximum Gasteiger partial charge on any atom is 0.243 e. The van der Waals surface area contributed by atoms with E-state index in [1.165, 1.54) is 44.4 Å². The summed E-state index contributed by atoms with van der Waals surface area (Å²) in [4.78, 5) is 0.243. The van der Waals surface area contributed by atoms with Crippen LogP contribution in [0.1, 0.15) is 17.5 Å². The van der Waals surface area contributed by atoms with Crippen LogP contribution in [0.4, 0.5) is 0 Å². The Morgan fingerprint density at radius 2 is 0.920 bits per heavy atom. The maximum absolute atomic E-state index is 13.5. The van der Waals surface area contributed by atoms with Crippen LogP contribution in [0.25, 0.3) is 0 Å². The van der Waals surface area contributed by atoms with Gasteiger partial charge in [0.25, 0.3) is 0 Å². The molecule has 1 saturated heterocycles. The molecule has 16 radical (unpaired) electrons. The van der Waals surface area contributed by atoms with Crippen molar-refractivity contribution in [1.82, 2.24) is 12.9 Å². The summed E-state index contributed by atoms with van der Waals surface area (Å²) in [5.41, 5.74) is 1.84. The van der Waals surface area contributed by atoms with Gasteiger partial charge in [-0.3, -0.25) is 0 Å². The standard InChI is InChI=1S/C31H36N3O6S3.C5H5.Fe.Pd/c1-27-13-17-30(18-14-27)42(37,38)33-23-7-5-21-32(41(35,36)29-11-3-4-12-29)22-6-8-24-34(26-10-9-25-33)43(39,40)31-19-15-28(2)16-20-31;1-2-4-5-3-1;;/h3-5,7-20,24H,6,21-23,25-26H2,1-2H3;1-5H;;. The van der Waals surface area contributed by atoms with Gasteiger partial charge in [-0.2, -0.15) is 8.61 Å². The van der Waals surface area contributed by atoms with Gasteiger partial charge in [0.1, 0.15) is 5.25 Å². The minimum Gasteiger partial charge on any atom is -0.212 e. The van der Waals surface area contributed by atoms with Crippen LogP contribution in [0, 0.1) is 116 Å². The molecule has 1 heterocycles. The Labute approximate surface area is 327 Å². The Morgan fingerprint density at radius 3 is 1.40 bits per heavy atom. The van der Waals surface area contributed by atoms with Crippen LogP contribution in [0.5, 0.6) is 0 Å². The summed E-state index contributed by atoms with van der Waals surface area (Å²) in [6.07, 6.45) is 24.7. The molecule has 14 heteroatoms. The van der Waals surface area contributed by atoms with Crippen LogP contribution in [-0.4, -0.2) is 70.9 Å². The van der Waals surface area contributed by atoms with E-state index in [1.807, 2.05) is 46.0 Å². The quantitative estimate of drug-likeness (QED) is 0.394. The summed E-state index contributed by atoms with van der Waals surface area (Å²) in [5, 5.41) is 0.152. The molecule has 5 rings (SSSR count). The van der Waals surface area contributed by atoms with E-state index >= 15 is 0 Å². The van der Waals surface area contributed by atoms with Gasteiger partial charge < -0.3 is 0 Å². The predicted octanol–water partition coefficient (Wildman–Crippen LogP) is 4.58. The summed E-state index contributed by atoms with van der Waals surface area (Å²) >= 11 is 0. The fraction of sp³-hybridized carbons (Fsp3) is 0.222. The third-order valence-electron chi connectivity index (χ3n) is 7.47. The smallest absolute Gasteiger partial charge is 0.212 e. The zero-order valence-corrected chi connectivity index (χ0v) is 32.8. The molecule has 0 atom stereocenters. The van der Waals surface area contributed by atoms with Gasteiger partial charge in [0.2, 0.25) is 30.1 Å². The molecule has 3 fully saturated rings. The minimum absolute atomic E-state index is 0. The monoisotopic (exact) mass is 869 g/mol. The van der Waals surface area contributed by atoms with Crippen LogP contribution in [0.2, 0.25) is 0 Å². The molecule has 1 aliphatic heterocycles. The average Bonchev–Trinajstić information content (AvgIpc) is 3.82. The zero-order chi connectivity index (χ0) is 34.6. The number of hydrogen-bond acceptors (Lipinski definition) is 6. The van der Waals surface area contributed by atoms with Crippen LogP contribution in [0.15, 0.2) is 58.3 Å². The molecule has 0 unspecified atom stereocenters. The SMILES string of the molecule is Cc1ccc(S(=O)(=O)N2[CH][CH]CCN(S(=O)(=O)[C]3[CH][CH][CH][CH]3)C[CH][CH]CN(S(=O)(=O)c3ccc(C)cc3)C[CH][CH]C2)cc1.[CH]1[CH][CH][CH][CH]1.[Fe].[Pd]. The van der Waals surface area contributed by atoms with Crippen molar-refractivity contribution >= 4 is 30.1 Å². The maximum atomic E-state index is 13.5. The molecule has 272 valence electrons. The van der Waals surface area contributed by atoms with Gasteiger partial charge >= 0.3 is 0 Å². The molecule has 2 aromatic rings. The molecule has 0 N–H and O–H groups in total. The molecular weight excluding hydrogens is 829 g/mol. The number of rotatable bonds is 6. The Balaban J connectivity index is 0.00000114. The van der Waals surface area contributed by atoms with Crippen molar-refractivity contribution in [2.75, 3.05) is 32.7 Å². The second-order valence-electron chi connectivity index (χ2n) is 11.1. The van der Waals surface area contributed by atoms with Crippen LogP contribution in [-0.2, 0) is 67.6 Å². The molecular formula is C36H41FeN3O6PdS3. The Morgan fingerprint density at radius 1 is 0.500 bits per heavy atom. The average molecular weight is 870 g/mol. The van der Waals surface area contributed by atoms with E-state index in [0.717, 1.165) is 11.1 Å². The fourth-order valence-corrected chi connectivity index (χ4v) is 8.74. The number of nitrogens with zero attached hydrogens (tertiary/aromatic N) is 3.